The van der Waals surface area contributed by atoms with Crippen molar-refractivity contribution in [3.63, 3.8) is 0 Å². The van der Waals surface area contributed by atoms with Crippen molar-refractivity contribution in [1.82, 2.24) is 15.1 Å². The van der Waals surface area contributed by atoms with E-state index in [0.717, 1.165) is 30.9 Å². The fraction of sp³-hybridized carbons (Fsp3) is 0.412. The van der Waals surface area contributed by atoms with Gasteiger partial charge in [0.05, 0.1) is 5.56 Å². The number of nitrogens with two attached hydrogens (primary N) is 1. The molecule has 2 unspecified atom stereocenters. The zero-order valence-electron chi connectivity index (χ0n) is 14.2. The second kappa shape index (κ2) is 6.99. The topological polar surface area (TPSA) is 76.2 Å². The van der Waals surface area contributed by atoms with Crippen LogP contribution < -0.4 is 16.0 Å². The predicted octanol–water partition coefficient (Wildman–Crippen LogP) is 1.83. The third kappa shape index (κ3) is 3.98. The Morgan fingerprint density at radius 1 is 1.31 bits per heavy atom. The SMILES string of the molecule is Cn1ccc(N2CCC(NC(=O)C(N)c3ccc(C(F)(F)F)cc3)C2)n1. The van der Waals surface area contributed by atoms with Gasteiger partial charge >= 0.3 is 6.18 Å². The molecule has 0 spiro atoms. The van der Waals surface area contributed by atoms with E-state index in [1.54, 1.807) is 4.68 Å². The Labute approximate surface area is 148 Å². The lowest BCUT2D eigenvalue weighted by Crippen LogP contribution is -2.42. The van der Waals surface area contributed by atoms with E-state index < -0.39 is 23.7 Å². The van der Waals surface area contributed by atoms with Crippen LogP contribution in [0.3, 0.4) is 0 Å². The summed E-state index contributed by atoms with van der Waals surface area (Å²) in [7, 11) is 1.84. The molecule has 3 N–H and O–H groups in total. The fourth-order valence-corrected chi connectivity index (χ4v) is 2.98. The van der Waals surface area contributed by atoms with Crippen LogP contribution in [0.15, 0.2) is 36.5 Å². The van der Waals surface area contributed by atoms with Gasteiger partial charge in [0.25, 0.3) is 0 Å². The lowest BCUT2D eigenvalue weighted by atomic mass is 10.0. The number of amides is 1. The normalized spacial score (nSPS) is 18.8. The smallest absolute Gasteiger partial charge is 0.353 e. The summed E-state index contributed by atoms with van der Waals surface area (Å²) in [5.41, 5.74) is 5.48. The van der Waals surface area contributed by atoms with Gasteiger partial charge in [-0.25, -0.2) is 0 Å². The molecule has 1 aliphatic heterocycles. The molecule has 1 aromatic heterocycles. The predicted molar refractivity (Wildman–Crippen MR) is 90.3 cm³/mol. The van der Waals surface area contributed by atoms with Crippen molar-refractivity contribution in [3.05, 3.63) is 47.7 Å². The molecule has 2 aromatic rings. The lowest BCUT2D eigenvalue weighted by molar-refractivity contribution is -0.137. The van der Waals surface area contributed by atoms with Gasteiger partial charge in [-0.1, -0.05) is 12.1 Å². The molecule has 1 saturated heterocycles. The van der Waals surface area contributed by atoms with Gasteiger partial charge in [-0.2, -0.15) is 18.3 Å². The number of hydrogen-bond donors (Lipinski definition) is 2. The first-order valence-electron chi connectivity index (χ1n) is 8.22. The molecule has 9 heteroatoms. The third-order valence-corrected chi connectivity index (χ3v) is 4.44. The Morgan fingerprint density at radius 2 is 2.00 bits per heavy atom. The number of carbonyl (C=O) groups excluding carboxylic acids is 1. The van der Waals surface area contributed by atoms with Gasteiger partial charge in [-0.3, -0.25) is 9.48 Å². The number of benzene rings is 1. The molecule has 2 atom stereocenters. The molecule has 0 aliphatic carbocycles. The highest BCUT2D eigenvalue weighted by Gasteiger charge is 2.31. The Morgan fingerprint density at radius 3 is 2.58 bits per heavy atom. The van der Waals surface area contributed by atoms with E-state index in [2.05, 4.69) is 15.3 Å². The summed E-state index contributed by atoms with van der Waals surface area (Å²) in [5.74, 6) is 0.439. The minimum Gasteiger partial charge on any atom is -0.353 e. The van der Waals surface area contributed by atoms with Crippen LogP contribution in [0.25, 0.3) is 0 Å². The summed E-state index contributed by atoms with van der Waals surface area (Å²) in [6.07, 6.45) is -1.81. The zero-order chi connectivity index (χ0) is 18.9. The van der Waals surface area contributed by atoms with Crippen molar-refractivity contribution in [3.8, 4) is 0 Å². The lowest BCUT2D eigenvalue weighted by Gasteiger charge is -2.19. The summed E-state index contributed by atoms with van der Waals surface area (Å²) in [4.78, 5) is 14.4. The summed E-state index contributed by atoms with van der Waals surface area (Å²) < 4.78 is 39.5. The zero-order valence-corrected chi connectivity index (χ0v) is 14.2. The number of carbonyl (C=O) groups is 1. The molecule has 1 aliphatic rings. The second-order valence-electron chi connectivity index (χ2n) is 6.39. The maximum Gasteiger partial charge on any atom is 0.416 e. The number of anilines is 1. The Bertz CT molecular complexity index is 771. The number of hydrogen-bond acceptors (Lipinski definition) is 4. The van der Waals surface area contributed by atoms with Gasteiger partial charge in [0, 0.05) is 38.4 Å². The maximum atomic E-state index is 12.6. The first-order chi connectivity index (χ1) is 12.2. The van der Waals surface area contributed by atoms with Crippen molar-refractivity contribution in [2.24, 2.45) is 12.8 Å². The van der Waals surface area contributed by atoms with E-state index in [-0.39, 0.29) is 6.04 Å². The average molecular weight is 367 g/mol. The summed E-state index contributed by atoms with van der Waals surface area (Å²) in [5, 5.41) is 7.20. The van der Waals surface area contributed by atoms with E-state index in [0.29, 0.717) is 12.1 Å². The van der Waals surface area contributed by atoms with Crippen LogP contribution in [0.5, 0.6) is 0 Å². The molecule has 1 aromatic carbocycles. The number of nitrogens with zero attached hydrogens (tertiary/aromatic N) is 3. The number of aryl methyl sites for hydroxylation is 1. The van der Waals surface area contributed by atoms with E-state index in [1.165, 1.54) is 12.1 Å². The average Bonchev–Trinajstić information content (AvgIpc) is 3.22. The Kier molecular flexibility index (Phi) is 4.90. The summed E-state index contributed by atoms with van der Waals surface area (Å²) >= 11 is 0. The largest absolute Gasteiger partial charge is 0.416 e. The highest BCUT2D eigenvalue weighted by molar-refractivity contribution is 5.83. The van der Waals surface area contributed by atoms with E-state index in [9.17, 15) is 18.0 Å². The first-order valence-corrected chi connectivity index (χ1v) is 8.22. The molecule has 140 valence electrons. The van der Waals surface area contributed by atoms with Crippen LogP contribution in [0.4, 0.5) is 19.0 Å². The maximum absolute atomic E-state index is 12.6. The van der Waals surface area contributed by atoms with E-state index in [1.807, 2.05) is 19.3 Å². The van der Waals surface area contributed by atoms with Gasteiger partial charge in [-0.05, 0) is 24.1 Å². The van der Waals surface area contributed by atoms with Gasteiger partial charge in [0.2, 0.25) is 5.91 Å². The Balaban J connectivity index is 1.58. The number of halogens is 3. The van der Waals surface area contributed by atoms with Crippen LogP contribution in [0, 0.1) is 0 Å². The molecular weight excluding hydrogens is 347 g/mol. The van der Waals surface area contributed by atoms with Gasteiger partial charge in [-0.15, -0.1) is 0 Å². The van der Waals surface area contributed by atoms with E-state index >= 15 is 0 Å². The van der Waals surface area contributed by atoms with Crippen molar-refractivity contribution in [2.75, 3.05) is 18.0 Å². The molecule has 1 fully saturated rings. The highest BCUT2D eigenvalue weighted by Crippen LogP contribution is 2.29. The molecule has 3 rings (SSSR count). The van der Waals surface area contributed by atoms with Crippen LogP contribution in [-0.4, -0.2) is 34.8 Å². The number of nitrogens with one attached hydrogen (secondary N) is 1. The Hall–Kier alpha value is -2.55. The molecule has 6 nitrogen and oxygen atoms in total. The van der Waals surface area contributed by atoms with Crippen LogP contribution in [0.2, 0.25) is 0 Å². The number of aromatic nitrogens is 2. The monoisotopic (exact) mass is 367 g/mol. The van der Waals surface area contributed by atoms with Gasteiger partial charge in [0.1, 0.15) is 6.04 Å². The van der Waals surface area contributed by atoms with Crippen LogP contribution in [-0.2, 0) is 18.0 Å². The minimum absolute atomic E-state index is 0.0787. The molecule has 0 radical (unpaired) electrons. The van der Waals surface area contributed by atoms with Gasteiger partial charge < -0.3 is 16.0 Å². The van der Waals surface area contributed by atoms with Crippen molar-refractivity contribution >= 4 is 11.7 Å². The molecule has 0 saturated carbocycles. The van der Waals surface area contributed by atoms with Crippen molar-refractivity contribution in [2.45, 2.75) is 24.7 Å². The first kappa shape index (κ1) is 18.2. The number of alkyl halides is 3. The van der Waals surface area contributed by atoms with Crippen molar-refractivity contribution < 1.29 is 18.0 Å². The summed E-state index contributed by atoms with van der Waals surface area (Å²) in [6.45, 7) is 1.37. The minimum atomic E-state index is -4.41. The van der Waals surface area contributed by atoms with Gasteiger partial charge in [0.15, 0.2) is 5.82 Å². The van der Waals surface area contributed by atoms with Crippen LogP contribution >= 0.6 is 0 Å². The standard InChI is InChI=1S/C17H20F3N5O/c1-24-8-7-14(23-24)25-9-6-13(10-25)22-16(26)15(21)11-2-4-12(5-3-11)17(18,19)20/h2-5,7-8,13,15H,6,9-10,21H2,1H3,(H,22,26). The quantitative estimate of drug-likeness (QED) is 0.865. The van der Waals surface area contributed by atoms with E-state index in [4.69, 9.17) is 5.73 Å². The molecule has 0 bridgehead atoms. The number of rotatable bonds is 4. The second-order valence-corrected chi connectivity index (χ2v) is 6.39. The molecule has 1 amide bonds. The fourth-order valence-electron chi connectivity index (χ4n) is 2.98. The van der Waals surface area contributed by atoms with Crippen LogP contribution in [0.1, 0.15) is 23.6 Å². The highest BCUT2D eigenvalue weighted by atomic mass is 19.4. The molecule has 26 heavy (non-hydrogen) atoms. The van der Waals surface area contributed by atoms with Crippen molar-refractivity contribution in [1.29, 1.82) is 0 Å². The third-order valence-electron chi connectivity index (χ3n) is 4.44. The summed E-state index contributed by atoms with van der Waals surface area (Å²) in [6, 6.07) is 5.15. The molecular formula is C17H20F3N5O. The molecule has 2 heterocycles.